The van der Waals surface area contributed by atoms with E-state index in [9.17, 15) is 4.79 Å². The number of hydrogen-bond acceptors (Lipinski definition) is 4. The van der Waals surface area contributed by atoms with Gasteiger partial charge in [-0.2, -0.15) is 5.26 Å². The van der Waals surface area contributed by atoms with E-state index in [-0.39, 0.29) is 12.0 Å². The van der Waals surface area contributed by atoms with Gasteiger partial charge in [0.05, 0.1) is 18.2 Å². The summed E-state index contributed by atoms with van der Waals surface area (Å²) in [7, 11) is 0. The summed E-state index contributed by atoms with van der Waals surface area (Å²) < 4.78 is 5.74. The predicted molar refractivity (Wildman–Crippen MR) is 77.6 cm³/mol. The van der Waals surface area contributed by atoms with Gasteiger partial charge in [-0.05, 0) is 12.5 Å². The number of rotatable bonds is 5. The van der Waals surface area contributed by atoms with E-state index in [1.165, 1.54) is 0 Å². The number of carbonyl (C=O) groups excluding carboxylic acids is 1. The fourth-order valence-electron chi connectivity index (χ4n) is 2.14. The number of likely N-dealkylation sites (tertiary alicyclic amines) is 1. The zero-order valence-corrected chi connectivity index (χ0v) is 12.7. The van der Waals surface area contributed by atoms with Gasteiger partial charge in [0.2, 0.25) is 11.8 Å². The molecule has 1 aromatic rings. The molecule has 0 spiro atoms. The molecule has 0 saturated carbocycles. The average Bonchev–Trinajstić information content (AvgIpc) is 2.93. The van der Waals surface area contributed by atoms with Crippen molar-refractivity contribution in [3.05, 3.63) is 23.9 Å². The lowest BCUT2D eigenvalue weighted by Gasteiger charge is -2.16. The minimum Gasteiger partial charge on any atom is -0.472 e. The van der Waals surface area contributed by atoms with Crippen molar-refractivity contribution in [2.75, 3.05) is 18.4 Å². The third kappa shape index (κ3) is 3.94. The third-order valence-corrected chi connectivity index (χ3v) is 3.73. The molecule has 106 valence electrons. The van der Waals surface area contributed by atoms with Gasteiger partial charge in [0.25, 0.3) is 0 Å². The molecule has 2 heterocycles. The lowest BCUT2D eigenvalue weighted by Crippen LogP contribution is -2.30. The summed E-state index contributed by atoms with van der Waals surface area (Å²) in [5.74, 6) is 0.623. The molecule has 1 saturated heterocycles. The van der Waals surface area contributed by atoms with Crippen LogP contribution in [-0.4, -0.2) is 40.3 Å². The van der Waals surface area contributed by atoms with E-state index in [1.54, 1.807) is 18.3 Å². The Hall–Kier alpha value is -1.61. The fraction of sp³-hybridized carbons (Fsp3) is 0.500. The highest BCUT2D eigenvalue weighted by Gasteiger charge is 2.27. The normalized spacial score (nSPS) is 17.8. The Morgan fingerprint density at radius 1 is 1.65 bits per heavy atom. The van der Waals surface area contributed by atoms with Crippen molar-refractivity contribution in [2.45, 2.75) is 25.4 Å². The highest BCUT2D eigenvalue weighted by Crippen LogP contribution is 2.18. The van der Waals surface area contributed by atoms with Crippen molar-refractivity contribution in [3.8, 4) is 11.9 Å². The molecule has 0 N–H and O–H groups in total. The number of nitrogens with zero attached hydrogens (tertiary/aromatic N) is 3. The Bertz CT molecular complexity index is 515. The second-order valence-electron chi connectivity index (χ2n) is 4.66. The van der Waals surface area contributed by atoms with E-state index in [0.29, 0.717) is 24.4 Å². The number of carbonyl (C=O) groups is 1. The molecule has 1 aliphatic rings. The number of halogens is 1. The van der Waals surface area contributed by atoms with Crippen molar-refractivity contribution in [1.29, 1.82) is 5.26 Å². The first-order valence-corrected chi connectivity index (χ1v) is 7.71. The van der Waals surface area contributed by atoms with Crippen LogP contribution >= 0.6 is 15.9 Å². The first-order chi connectivity index (χ1) is 9.72. The number of hydrogen-bond donors (Lipinski definition) is 0. The molecule has 6 heteroatoms. The number of pyridine rings is 1. The molecule has 1 aliphatic heterocycles. The van der Waals surface area contributed by atoms with Crippen LogP contribution in [0.4, 0.5) is 0 Å². The summed E-state index contributed by atoms with van der Waals surface area (Å²) in [5.41, 5.74) is 0.526. The molecular weight excluding hydrogens is 322 g/mol. The minimum absolute atomic E-state index is 0.0376. The van der Waals surface area contributed by atoms with Crippen LogP contribution in [0.5, 0.6) is 5.88 Å². The number of alkyl halides is 1. The van der Waals surface area contributed by atoms with Gasteiger partial charge < -0.3 is 9.64 Å². The molecule has 0 radical (unpaired) electrons. The standard InChI is InChI=1S/C14H16BrN3O2/c15-5-1-2-14(19)18-7-4-12(10-18)20-13-8-11(9-16)3-6-17-13/h3,6,8,12H,1-2,4-5,7,10H2. The van der Waals surface area contributed by atoms with Gasteiger partial charge in [0.1, 0.15) is 6.10 Å². The van der Waals surface area contributed by atoms with E-state index >= 15 is 0 Å². The molecule has 1 fully saturated rings. The van der Waals surface area contributed by atoms with E-state index in [4.69, 9.17) is 10.00 Å². The summed E-state index contributed by atoms with van der Waals surface area (Å²) in [5, 5.41) is 9.67. The second kappa shape index (κ2) is 7.25. The Balaban J connectivity index is 1.87. The van der Waals surface area contributed by atoms with Crippen LogP contribution in [0.2, 0.25) is 0 Å². The fourth-order valence-corrected chi connectivity index (χ4v) is 2.42. The number of amides is 1. The van der Waals surface area contributed by atoms with E-state index in [0.717, 1.165) is 24.7 Å². The molecule has 1 unspecified atom stereocenters. The molecule has 5 nitrogen and oxygen atoms in total. The topological polar surface area (TPSA) is 66.2 Å². The molecule has 0 bridgehead atoms. The molecule has 0 aliphatic carbocycles. The van der Waals surface area contributed by atoms with Gasteiger partial charge in [-0.25, -0.2) is 4.98 Å². The maximum atomic E-state index is 11.9. The van der Waals surface area contributed by atoms with Gasteiger partial charge in [0.15, 0.2) is 0 Å². The van der Waals surface area contributed by atoms with Crippen molar-refractivity contribution in [1.82, 2.24) is 9.88 Å². The molecule has 1 atom stereocenters. The van der Waals surface area contributed by atoms with Gasteiger partial charge in [-0.3, -0.25) is 4.79 Å². The van der Waals surface area contributed by atoms with Crippen LogP contribution in [0.15, 0.2) is 18.3 Å². The van der Waals surface area contributed by atoms with Crippen LogP contribution in [0.3, 0.4) is 0 Å². The number of ether oxygens (including phenoxy) is 1. The minimum atomic E-state index is -0.0376. The van der Waals surface area contributed by atoms with Crippen LogP contribution in [0, 0.1) is 11.3 Å². The van der Waals surface area contributed by atoms with Crippen LogP contribution < -0.4 is 4.74 Å². The maximum absolute atomic E-state index is 11.9. The predicted octanol–water partition coefficient (Wildman–Crippen LogP) is 2.11. The van der Waals surface area contributed by atoms with Crippen LogP contribution in [0.25, 0.3) is 0 Å². The molecule has 2 rings (SSSR count). The smallest absolute Gasteiger partial charge is 0.222 e. The van der Waals surface area contributed by atoms with Crippen molar-refractivity contribution in [2.24, 2.45) is 0 Å². The Morgan fingerprint density at radius 3 is 3.25 bits per heavy atom. The van der Waals surface area contributed by atoms with E-state index in [1.807, 2.05) is 4.90 Å². The summed E-state index contributed by atoms with van der Waals surface area (Å²) in [6.45, 7) is 1.32. The largest absolute Gasteiger partial charge is 0.472 e. The summed E-state index contributed by atoms with van der Waals surface area (Å²) in [4.78, 5) is 17.8. The highest BCUT2D eigenvalue weighted by atomic mass is 79.9. The van der Waals surface area contributed by atoms with E-state index in [2.05, 4.69) is 27.0 Å². The van der Waals surface area contributed by atoms with Crippen molar-refractivity contribution < 1.29 is 9.53 Å². The SMILES string of the molecule is N#Cc1ccnc(OC2CCN(C(=O)CCCBr)C2)c1. The summed E-state index contributed by atoms with van der Waals surface area (Å²) in [6.07, 6.45) is 3.75. The van der Waals surface area contributed by atoms with Gasteiger partial charge in [-0.1, -0.05) is 15.9 Å². The van der Waals surface area contributed by atoms with Gasteiger partial charge >= 0.3 is 0 Å². The lowest BCUT2D eigenvalue weighted by molar-refractivity contribution is -0.130. The monoisotopic (exact) mass is 337 g/mol. The van der Waals surface area contributed by atoms with Crippen LogP contribution in [-0.2, 0) is 4.79 Å². The average molecular weight is 338 g/mol. The first-order valence-electron chi connectivity index (χ1n) is 6.59. The summed E-state index contributed by atoms with van der Waals surface area (Å²) in [6, 6.07) is 5.31. The van der Waals surface area contributed by atoms with Crippen molar-refractivity contribution in [3.63, 3.8) is 0 Å². The van der Waals surface area contributed by atoms with Gasteiger partial charge in [-0.15, -0.1) is 0 Å². The Morgan fingerprint density at radius 2 is 2.50 bits per heavy atom. The Kier molecular flexibility index (Phi) is 5.36. The number of nitriles is 1. The quantitative estimate of drug-likeness (QED) is 0.772. The lowest BCUT2D eigenvalue weighted by atomic mass is 10.3. The van der Waals surface area contributed by atoms with Gasteiger partial charge in [0, 0.05) is 37.0 Å². The van der Waals surface area contributed by atoms with Crippen molar-refractivity contribution >= 4 is 21.8 Å². The van der Waals surface area contributed by atoms with E-state index < -0.39 is 0 Å². The Labute approximate surface area is 126 Å². The molecule has 0 aromatic carbocycles. The molecule has 20 heavy (non-hydrogen) atoms. The maximum Gasteiger partial charge on any atom is 0.222 e. The zero-order valence-electron chi connectivity index (χ0n) is 11.1. The zero-order chi connectivity index (χ0) is 14.4. The molecular formula is C14H16BrN3O2. The molecule has 1 amide bonds. The second-order valence-corrected chi connectivity index (χ2v) is 5.45. The third-order valence-electron chi connectivity index (χ3n) is 3.17. The van der Waals surface area contributed by atoms with Crippen LogP contribution in [0.1, 0.15) is 24.8 Å². The number of aromatic nitrogens is 1. The summed E-state index contributed by atoms with van der Waals surface area (Å²) >= 11 is 3.33. The molecule has 1 aromatic heterocycles. The first kappa shape index (κ1) is 14.8. The highest BCUT2D eigenvalue weighted by molar-refractivity contribution is 9.09.